The molecule has 0 aliphatic rings. The first-order valence-corrected chi connectivity index (χ1v) is 7.58. The molecule has 23 heavy (non-hydrogen) atoms. The summed E-state index contributed by atoms with van der Waals surface area (Å²) in [6, 6.07) is 3.63. The van der Waals surface area contributed by atoms with Gasteiger partial charge in [0.15, 0.2) is 5.78 Å². The Morgan fingerprint density at radius 1 is 1.22 bits per heavy atom. The number of H-pyrrole nitrogens is 1. The number of nitrogens with two attached hydrogens (primary N) is 1. The minimum atomic E-state index is -0.322. The van der Waals surface area contributed by atoms with Crippen LogP contribution >= 0.6 is 28.3 Å². The number of carbonyl (C=O) groups is 2. The molecule has 124 valence electrons. The highest BCUT2D eigenvalue weighted by atomic mass is 79.9. The molecular weight excluding hydrogens is 382 g/mol. The molecule has 0 aliphatic heterocycles. The summed E-state index contributed by atoms with van der Waals surface area (Å²) < 4.78 is 0.832. The molecule has 0 radical (unpaired) electrons. The molecule has 7 heteroatoms. The zero-order valence-electron chi connectivity index (χ0n) is 13.3. The molecule has 0 fully saturated rings. The zero-order chi connectivity index (χ0) is 16.6. The topological polar surface area (TPSA) is 88.0 Å². The van der Waals surface area contributed by atoms with Gasteiger partial charge >= 0.3 is 0 Å². The van der Waals surface area contributed by atoms with E-state index >= 15 is 0 Å². The van der Waals surface area contributed by atoms with E-state index < -0.39 is 0 Å². The van der Waals surface area contributed by atoms with Gasteiger partial charge in [-0.05, 0) is 51.0 Å². The van der Waals surface area contributed by atoms with Crippen molar-refractivity contribution < 1.29 is 9.59 Å². The number of Topliss-reactive ketones (excluding diaryl/α,β-unsaturated/α-hetero) is 1. The third-order valence-corrected chi connectivity index (χ3v) is 4.07. The Bertz CT molecular complexity index is 784. The molecule has 0 atom stereocenters. The minimum absolute atomic E-state index is 0. The predicted molar refractivity (Wildman–Crippen MR) is 98.8 cm³/mol. The fourth-order valence-corrected chi connectivity index (χ4v) is 3.12. The number of carbonyl (C=O) groups excluding carboxylic acids is 2. The lowest BCUT2D eigenvalue weighted by Gasteiger charge is -2.11. The van der Waals surface area contributed by atoms with Crippen LogP contribution in [0.25, 0.3) is 0 Å². The Labute approximate surface area is 149 Å². The number of aromatic amines is 1. The Morgan fingerprint density at radius 2 is 1.83 bits per heavy atom. The molecule has 1 amide bonds. The van der Waals surface area contributed by atoms with Crippen LogP contribution in [-0.2, 0) is 0 Å². The van der Waals surface area contributed by atoms with Crippen molar-refractivity contribution in [3.05, 3.63) is 44.7 Å². The van der Waals surface area contributed by atoms with Gasteiger partial charge in [0.1, 0.15) is 5.69 Å². The van der Waals surface area contributed by atoms with Crippen molar-refractivity contribution >= 4 is 51.4 Å². The lowest BCUT2D eigenvalue weighted by molar-refractivity contribution is 0.101. The number of hydrogen-bond donors (Lipinski definition) is 3. The van der Waals surface area contributed by atoms with E-state index in [2.05, 4.69) is 26.2 Å². The van der Waals surface area contributed by atoms with Crippen molar-refractivity contribution in [3.63, 3.8) is 0 Å². The van der Waals surface area contributed by atoms with Gasteiger partial charge in [-0.25, -0.2) is 0 Å². The monoisotopic (exact) mass is 399 g/mol. The average Bonchev–Trinajstić information content (AvgIpc) is 2.70. The van der Waals surface area contributed by atoms with Gasteiger partial charge in [-0.15, -0.1) is 12.4 Å². The van der Waals surface area contributed by atoms with Crippen LogP contribution in [0, 0.1) is 20.8 Å². The first-order chi connectivity index (χ1) is 10.2. The fourth-order valence-electron chi connectivity index (χ4n) is 2.55. The highest BCUT2D eigenvalue weighted by Crippen LogP contribution is 2.28. The fraction of sp³-hybridized carbons (Fsp3) is 0.250. The molecule has 2 aromatic rings. The lowest BCUT2D eigenvalue weighted by Crippen LogP contribution is -2.15. The van der Waals surface area contributed by atoms with Crippen molar-refractivity contribution in [1.29, 1.82) is 0 Å². The number of benzene rings is 1. The largest absolute Gasteiger partial charge is 0.397 e. The van der Waals surface area contributed by atoms with E-state index in [4.69, 9.17) is 5.73 Å². The highest BCUT2D eigenvalue weighted by Gasteiger charge is 2.20. The van der Waals surface area contributed by atoms with Gasteiger partial charge < -0.3 is 16.0 Å². The molecule has 0 aliphatic carbocycles. The summed E-state index contributed by atoms with van der Waals surface area (Å²) in [6.07, 6.45) is 0. The number of aromatic nitrogens is 1. The van der Waals surface area contributed by atoms with E-state index in [1.54, 1.807) is 19.9 Å². The number of rotatable bonds is 3. The number of nitrogens with one attached hydrogen (secondary N) is 2. The van der Waals surface area contributed by atoms with Crippen LogP contribution in [-0.4, -0.2) is 16.7 Å². The van der Waals surface area contributed by atoms with Crippen LogP contribution in [0.4, 0.5) is 11.4 Å². The van der Waals surface area contributed by atoms with Crippen LogP contribution in [0.3, 0.4) is 0 Å². The van der Waals surface area contributed by atoms with Crippen molar-refractivity contribution in [3.8, 4) is 0 Å². The van der Waals surface area contributed by atoms with Crippen molar-refractivity contribution in [2.75, 3.05) is 11.1 Å². The summed E-state index contributed by atoms with van der Waals surface area (Å²) in [6.45, 7) is 6.89. The van der Waals surface area contributed by atoms with Crippen molar-refractivity contribution in [2.45, 2.75) is 27.7 Å². The van der Waals surface area contributed by atoms with E-state index in [-0.39, 0.29) is 24.1 Å². The molecule has 0 bridgehead atoms. The van der Waals surface area contributed by atoms with Gasteiger partial charge in [0.25, 0.3) is 5.91 Å². The summed E-state index contributed by atoms with van der Waals surface area (Å²) in [7, 11) is 0. The maximum Gasteiger partial charge on any atom is 0.272 e. The quantitative estimate of drug-likeness (QED) is 0.534. The number of anilines is 2. The summed E-state index contributed by atoms with van der Waals surface area (Å²) in [5.74, 6) is -0.389. The highest BCUT2D eigenvalue weighted by molar-refractivity contribution is 9.10. The summed E-state index contributed by atoms with van der Waals surface area (Å²) >= 11 is 3.38. The van der Waals surface area contributed by atoms with E-state index in [1.807, 2.05) is 13.0 Å². The summed E-state index contributed by atoms with van der Waals surface area (Å²) in [5.41, 5.74) is 10.2. The minimum Gasteiger partial charge on any atom is -0.397 e. The van der Waals surface area contributed by atoms with Gasteiger partial charge in [-0.1, -0.05) is 15.9 Å². The smallest absolute Gasteiger partial charge is 0.272 e. The van der Waals surface area contributed by atoms with E-state index in [9.17, 15) is 9.59 Å². The molecule has 4 N–H and O–H groups in total. The van der Waals surface area contributed by atoms with Gasteiger partial charge in [-0.2, -0.15) is 0 Å². The second-order valence-electron chi connectivity index (χ2n) is 5.32. The standard InChI is InChI=1S/C16H18BrN3O2.ClH/c1-7-5-11(17)6-12(14(7)18)20-16(22)15-8(2)13(10(4)21)9(3)19-15;/h5-6,19H,18H2,1-4H3,(H,20,22);1H. The Balaban J connectivity index is 0.00000264. The molecule has 1 aromatic heterocycles. The number of ketones is 1. The normalized spacial score (nSPS) is 10.1. The van der Waals surface area contributed by atoms with Crippen LogP contribution < -0.4 is 11.1 Å². The third kappa shape index (κ3) is 3.76. The molecule has 0 unspecified atom stereocenters. The molecular formula is C16H19BrClN3O2. The molecule has 2 rings (SSSR count). The van der Waals surface area contributed by atoms with Gasteiger partial charge in [0, 0.05) is 15.7 Å². The van der Waals surface area contributed by atoms with Crippen LogP contribution in [0.2, 0.25) is 0 Å². The second kappa shape index (κ2) is 7.19. The van der Waals surface area contributed by atoms with Crippen LogP contribution in [0.1, 0.15) is 44.6 Å². The summed E-state index contributed by atoms with van der Waals surface area (Å²) in [4.78, 5) is 27.1. The molecule has 0 saturated carbocycles. The van der Waals surface area contributed by atoms with Crippen LogP contribution in [0.15, 0.2) is 16.6 Å². The Kier molecular flexibility index (Phi) is 6.02. The maximum atomic E-state index is 12.5. The summed E-state index contributed by atoms with van der Waals surface area (Å²) in [5, 5.41) is 2.79. The SMILES string of the molecule is CC(=O)c1c(C)[nH]c(C(=O)Nc2cc(Br)cc(C)c2N)c1C.Cl. The predicted octanol–water partition coefficient (Wildman–Crippen LogP) is 4.16. The molecule has 0 spiro atoms. The average molecular weight is 401 g/mol. The van der Waals surface area contributed by atoms with E-state index in [1.165, 1.54) is 6.92 Å². The van der Waals surface area contributed by atoms with E-state index in [0.717, 1.165) is 10.0 Å². The maximum absolute atomic E-state index is 12.5. The number of hydrogen-bond acceptors (Lipinski definition) is 3. The third-order valence-electron chi connectivity index (χ3n) is 3.62. The van der Waals surface area contributed by atoms with Gasteiger partial charge in [-0.3, -0.25) is 9.59 Å². The zero-order valence-corrected chi connectivity index (χ0v) is 15.7. The first-order valence-electron chi connectivity index (χ1n) is 6.79. The van der Waals surface area contributed by atoms with Gasteiger partial charge in [0.2, 0.25) is 0 Å². The molecule has 0 saturated heterocycles. The Morgan fingerprint density at radius 3 is 2.35 bits per heavy atom. The van der Waals surface area contributed by atoms with E-state index in [0.29, 0.717) is 33.9 Å². The molecule has 1 heterocycles. The Hall–Kier alpha value is -1.79. The first kappa shape index (κ1) is 19.3. The molecule has 5 nitrogen and oxygen atoms in total. The number of aryl methyl sites for hydroxylation is 2. The number of halogens is 2. The molecule has 1 aromatic carbocycles. The second-order valence-corrected chi connectivity index (χ2v) is 6.23. The van der Waals surface area contributed by atoms with Crippen molar-refractivity contribution in [1.82, 2.24) is 4.98 Å². The van der Waals surface area contributed by atoms with Gasteiger partial charge in [0.05, 0.1) is 11.4 Å². The lowest BCUT2D eigenvalue weighted by atomic mass is 10.1. The van der Waals surface area contributed by atoms with Crippen LogP contribution in [0.5, 0.6) is 0 Å². The van der Waals surface area contributed by atoms with Crippen molar-refractivity contribution in [2.24, 2.45) is 0 Å². The number of nitrogen functional groups attached to an aromatic ring is 1. The number of amides is 1.